The molecule has 1 saturated heterocycles. The molecule has 1 aliphatic heterocycles. The summed E-state index contributed by atoms with van der Waals surface area (Å²) < 4.78 is 38.7. The predicted molar refractivity (Wildman–Crippen MR) is 124 cm³/mol. The molecule has 1 heterocycles. The number of nitriles is 1. The molecular weight excluding hydrogens is 459 g/mol. The topological polar surface area (TPSA) is 111 Å². The van der Waals surface area contributed by atoms with E-state index in [2.05, 4.69) is 11.4 Å². The predicted octanol–water partition coefficient (Wildman–Crippen LogP) is 2.25. The number of nitrogens with zero attached hydrogens (tertiary/aromatic N) is 3. The molecule has 0 bridgehead atoms. The van der Waals surface area contributed by atoms with Gasteiger partial charge in [-0.15, -0.1) is 0 Å². The Hall–Kier alpha value is -2.67. The summed E-state index contributed by atoms with van der Waals surface area (Å²) in [6.45, 7) is 3.17. The smallest absolute Gasteiger partial charge is 0.226 e. The second kappa shape index (κ2) is 9.53. The number of nitrogens with one attached hydrogen (secondary N) is 1. The van der Waals surface area contributed by atoms with Crippen LogP contribution in [0.2, 0.25) is 0 Å². The standard InChI is InChI=1S/C24H31FN4O4S/c1-2-34(32,33)17-7-8-21(20(25)15-17)28-11-13-29(14-12-28)23(31)19-6-4-3-5-18(19)22(30)27-24(16-26)9-10-24/h7-8,15,18-19H,2-6,9-14H2,1H3,(H,27,30)/t18-,19-/m1/s1. The van der Waals surface area contributed by atoms with Gasteiger partial charge >= 0.3 is 0 Å². The van der Waals surface area contributed by atoms with Crippen molar-refractivity contribution in [3.05, 3.63) is 24.0 Å². The quantitative estimate of drug-likeness (QED) is 0.655. The molecule has 0 unspecified atom stereocenters. The van der Waals surface area contributed by atoms with Gasteiger partial charge in [-0.25, -0.2) is 12.8 Å². The maximum absolute atomic E-state index is 14.7. The van der Waals surface area contributed by atoms with Crippen molar-refractivity contribution in [1.29, 1.82) is 5.26 Å². The van der Waals surface area contributed by atoms with E-state index in [0.717, 1.165) is 18.9 Å². The molecule has 0 spiro atoms. The molecule has 1 aromatic carbocycles. The van der Waals surface area contributed by atoms with Gasteiger partial charge in [0.2, 0.25) is 11.8 Å². The molecule has 8 nitrogen and oxygen atoms in total. The van der Waals surface area contributed by atoms with Crippen molar-refractivity contribution in [2.24, 2.45) is 11.8 Å². The summed E-state index contributed by atoms with van der Waals surface area (Å²) in [5, 5.41) is 12.2. The van der Waals surface area contributed by atoms with E-state index in [1.54, 1.807) is 4.90 Å². The lowest BCUT2D eigenvalue weighted by Crippen LogP contribution is -2.53. The Morgan fingerprint density at radius 1 is 1.15 bits per heavy atom. The summed E-state index contributed by atoms with van der Waals surface area (Å²) in [6.07, 6.45) is 4.38. The summed E-state index contributed by atoms with van der Waals surface area (Å²) in [4.78, 5) is 29.7. The van der Waals surface area contributed by atoms with E-state index in [1.807, 2.05) is 4.90 Å². The van der Waals surface area contributed by atoms with Crippen molar-refractivity contribution in [1.82, 2.24) is 10.2 Å². The zero-order valence-corrected chi connectivity index (χ0v) is 20.2. The Kier molecular flexibility index (Phi) is 6.85. The molecule has 184 valence electrons. The lowest BCUT2D eigenvalue weighted by molar-refractivity contribution is -0.144. The van der Waals surface area contributed by atoms with Crippen molar-refractivity contribution in [2.75, 3.05) is 36.8 Å². The lowest BCUT2D eigenvalue weighted by Gasteiger charge is -2.40. The van der Waals surface area contributed by atoms with Crippen molar-refractivity contribution >= 4 is 27.3 Å². The average Bonchev–Trinajstić information content (AvgIpc) is 3.63. The molecule has 2 aliphatic carbocycles. The maximum Gasteiger partial charge on any atom is 0.226 e. The first-order valence-corrected chi connectivity index (χ1v) is 13.6. The van der Waals surface area contributed by atoms with Gasteiger partial charge in [0.15, 0.2) is 9.84 Å². The van der Waals surface area contributed by atoms with E-state index in [0.29, 0.717) is 57.5 Å². The summed E-state index contributed by atoms with van der Waals surface area (Å²) in [5.41, 5.74) is -0.424. The molecular formula is C24H31FN4O4S. The number of sulfone groups is 1. The molecule has 3 aliphatic rings. The molecule has 2 amide bonds. The third-order valence-corrected chi connectivity index (χ3v) is 9.07. The van der Waals surface area contributed by atoms with Gasteiger partial charge in [-0.05, 0) is 43.9 Å². The highest BCUT2D eigenvalue weighted by atomic mass is 32.2. The minimum atomic E-state index is -3.48. The Bertz CT molecular complexity index is 1100. The first-order valence-electron chi connectivity index (χ1n) is 12.0. The summed E-state index contributed by atoms with van der Waals surface area (Å²) >= 11 is 0. The van der Waals surface area contributed by atoms with Gasteiger partial charge in [-0.3, -0.25) is 9.59 Å². The molecule has 3 fully saturated rings. The van der Waals surface area contributed by atoms with E-state index < -0.39 is 33.0 Å². The maximum atomic E-state index is 14.7. The van der Waals surface area contributed by atoms with Crippen LogP contribution in [-0.4, -0.2) is 62.6 Å². The van der Waals surface area contributed by atoms with Gasteiger partial charge in [0.1, 0.15) is 11.4 Å². The zero-order chi connectivity index (χ0) is 24.5. The van der Waals surface area contributed by atoms with E-state index in [-0.39, 0.29) is 22.5 Å². The lowest BCUT2D eigenvalue weighted by atomic mass is 9.77. The highest BCUT2D eigenvalue weighted by Gasteiger charge is 2.47. The number of carbonyl (C=O) groups is 2. The van der Waals surface area contributed by atoms with Crippen LogP contribution in [0.4, 0.5) is 10.1 Å². The van der Waals surface area contributed by atoms with E-state index in [9.17, 15) is 27.7 Å². The fraction of sp³-hybridized carbons (Fsp3) is 0.625. The van der Waals surface area contributed by atoms with Crippen LogP contribution in [0, 0.1) is 29.0 Å². The SMILES string of the molecule is CCS(=O)(=O)c1ccc(N2CCN(C(=O)[C@@H]3CCCC[C@H]3C(=O)NC3(C#N)CC3)CC2)c(F)c1. The summed E-state index contributed by atoms with van der Waals surface area (Å²) in [6, 6.07) is 6.14. The minimum absolute atomic E-state index is 0.0314. The molecule has 1 N–H and O–H groups in total. The number of halogens is 1. The van der Waals surface area contributed by atoms with Crippen molar-refractivity contribution in [3.63, 3.8) is 0 Å². The molecule has 2 saturated carbocycles. The number of anilines is 1. The van der Waals surface area contributed by atoms with Gasteiger partial charge in [0, 0.05) is 38.0 Å². The van der Waals surface area contributed by atoms with Crippen LogP contribution in [0.5, 0.6) is 0 Å². The fourth-order valence-electron chi connectivity index (χ4n) is 4.97. The van der Waals surface area contributed by atoms with Crippen molar-refractivity contribution in [2.45, 2.75) is 55.9 Å². The summed E-state index contributed by atoms with van der Waals surface area (Å²) in [5.74, 6) is -1.75. The first kappa shape index (κ1) is 24.5. The Labute approximate surface area is 200 Å². The summed E-state index contributed by atoms with van der Waals surface area (Å²) in [7, 11) is -3.48. The molecule has 1 aromatic rings. The molecule has 2 atom stereocenters. The monoisotopic (exact) mass is 490 g/mol. The number of benzene rings is 1. The van der Waals surface area contributed by atoms with Crippen LogP contribution in [0.15, 0.2) is 23.1 Å². The minimum Gasteiger partial charge on any atom is -0.366 e. The van der Waals surface area contributed by atoms with E-state index in [4.69, 9.17) is 0 Å². The molecule has 34 heavy (non-hydrogen) atoms. The number of amides is 2. The first-order chi connectivity index (χ1) is 16.2. The highest BCUT2D eigenvalue weighted by Crippen LogP contribution is 2.37. The fourth-order valence-corrected chi connectivity index (χ4v) is 5.86. The largest absolute Gasteiger partial charge is 0.366 e. The van der Waals surface area contributed by atoms with Crippen LogP contribution in [0.25, 0.3) is 0 Å². The average molecular weight is 491 g/mol. The van der Waals surface area contributed by atoms with Crippen LogP contribution in [0.1, 0.15) is 45.4 Å². The normalized spacial score (nSPS) is 24.3. The van der Waals surface area contributed by atoms with E-state index in [1.165, 1.54) is 19.1 Å². The number of carbonyl (C=O) groups excluding carboxylic acids is 2. The number of piperazine rings is 1. The van der Waals surface area contributed by atoms with Crippen molar-refractivity contribution < 1.29 is 22.4 Å². The van der Waals surface area contributed by atoms with Gasteiger partial charge in [0.25, 0.3) is 0 Å². The molecule has 0 radical (unpaired) electrons. The van der Waals surface area contributed by atoms with Crippen LogP contribution < -0.4 is 10.2 Å². The molecule has 0 aromatic heterocycles. The third kappa shape index (κ3) is 4.90. The second-order valence-corrected chi connectivity index (χ2v) is 11.8. The van der Waals surface area contributed by atoms with Gasteiger partial charge in [-0.1, -0.05) is 19.8 Å². The third-order valence-electron chi connectivity index (χ3n) is 7.34. The second-order valence-electron chi connectivity index (χ2n) is 9.51. The number of rotatable bonds is 6. The Balaban J connectivity index is 1.39. The Morgan fingerprint density at radius 3 is 2.35 bits per heavy atom. The van der Waals surface area contributed by atoms with Gasteiger partial charge in [0.05, 0.1) is 22.4 Å². The van der Waals surface area contributed by atoms with Gasteiger partial charge in [-0.2, -0.15) is 5.26 Å². The number of hydrogen-bond acceptors (Lipinski definition) is 6. The van der Waals surface area contributed by atoms with E-state index >= 15 is 0 Å². The highest BCUT2D eigenvalue weighted by molar-refractivity contribution is 7.91. The van der Waals surface area contributed by atoms with Crippen LogP contribution >= 0.6 is 0 Å². The Morgan fingerprint density at radius 2 is 1.79 bits per heavy atom. The molecule has 4 rings (SSSR count). The van der Waals surface area contributed by atoms with Crippen molar-refractivity contribution in [3.8, 4) is 6.07 Å². The molecule has 10 heteroatoms. The van der Waals surface area contributed by atoms with Gasteiger partial charge < -0.3 is 15.1 Å². The van der Waals surface area contributed by atoms with Crippen LogP contribution in [-0.2, 0) is 19.4 Å². The number of hydrogen-bond donors (Lipinski definition) is 1. The van der Waals surface area contributed by atoms with Crippen LogP contribution in [0.3, 0.4) is 0 Å². The zero-order valence-electron chi connectivity index (χ0n) is 19.4.